The zero-order valence-electron chi connectivity index (χ0n) is 20.0. The van der Waals surface area contributed by atoms with Gasteiger partial charge in [-0.2, -0.15) is 0 Å². The van der Waals surface area contributed by atoms with Crippen molar-refractivity contribution in [3.63, 3.8) is 0 Å². The number of halogens is 1. The number of anilines is 2. The quantitative estimate of drug-likeness (QED) is 0.426. The minimum absolute atomic E-state index is 0.130. The zero-order chi connectivity index (χ0) is 25.0. The van der Waals surface area contributed by atoms with Crippen LogP contribution in [0.2, 0.25) is 0 Å². The first-order valence-corrected chi connectivity index (χ1v) is 12.0. The first-order valence-electron chi connectivity index (χ1n) is 11.1. The molecule has 2 aromatic carbocycles. The summed E-state index contributed by atoms with van der Waals surface area (Å²) in [6.45, 7) is 10.1. The van der Waals surface area contributed by atoms with Crippen LogP contribution in [0.1, 0.15) is 56.2 Å². The summed E-state index contributed by atoms with van der Waals surface area (Å²) in [6, 6.07) is 12.5. The van der Waals surface area contributed by atoms with E-state index in [1.807, 2.05) is 10.3 Å². The van der Waals surface area contributed by atoms with E-state index in [4.69, 9.17) is 4.98 Å². The number of aliphatic carboxylic acids is 1. The number of carbonyl (C=O) groups is 2. The molecule has 1 aromatic heterocycles. The van der Waals surface area contributed by atoms with Gasteiger partial charge >= 0.3 is 5.97 Å². The maximum absolute atomic E-state index is 14.7. The summed E-state index contributed by atoms with van der Waals surface area (Å²) in [7, 11) is 0. The number of amides is 1. The first kappa shape index (κ1) is 25.4. The van der Waals surface area contributed by atoms with Gasteiger partial charge in [0.2, 0.25) is 0 Å². The Morgan fingerprint density at radius 2 is 1.76 bits per heavy atom. The number of hydrogen-bond acceptors (Lipinski definition) is 5. The predicted octanol–water partition coefficient (Wildman–Crippen LogP) is 5.76. The van der Waals surface area contributed by atoms with E-state index in [0.29, 0.717) is 22.9 Å². The van der Waals surface area contributed by atoms with Gasteiger partial charge in [-0.1, -0.05) is 58.9 Å². The fraction of sp³-hybridized carbons (Fsp3) is 0.346. The number of para-hydroxylation sites is 1. The molecule has 0 bridgehead atoms. The molecule has 1 amide bonds. The fourth-order valence-electron chi connectivity index (χ4n) is 3.34. The van der Waals surface area contributed by atoms with Gasteiger partial charge in [0.25, 0.3) is 5.91 Å². The number of benzene rings is 2. The number of nitrogens with one attached hydrogen (secondary N) is 1. The third-order valence-electron chi connectivity index (χ3n) is 5.41. The third kappa shape index (κ3) is 5.99. The number of hydrogen-bond donors (Lipinski definition) is 2. The highest BCUT2D eigenvalue weighted by molar-refractivity contribution is 7.13. The lowest BCUT2D eigenvalue weighted by Crippen LogP contribution is -2.44. The smallest absolute Gasteiger partial charge is 0.326 e. The van der Waals surface area contributed by atoms with Gasteiger partial charge in [0, 0.05) is 16.4 Å². The molecule has 8 heteroatoms. The Morgan fingerprint density at radius 3 is 2.29 bits per heavy atom. The van der Waals surface area contributed by atoms with Gasteiger partial charge in [0.1, 0.15) is 11.9 Å². The Bertz CT molecular complexity index is 1150. The molecule has 0 aliphatic rings. The predicted molar refractivity (Wildman–Crippen MR) is 133 cm³/mol. The van der Waals surface area contributed by atoms with E-state index < -0.39 is 17.9 Å². The maximum Gasteiger partial charge on any atom is 0.326 e. The average Bonchev–Trinajstić information content (AvgIpc) is 3.27. The van der Waals surface area contributed by atoms with E-state index in [9.17, 15) is 19.1 Å². The number of rotatable bonds is 8. The summed E-state index contributed by atoms with van der Waals surface area (Å²) in [5.41, 5.74) is 2.43. The number of aromatic nitrogens is 1. The van der Waals surface area contributed by atoms with E-state index in [1.165, 1.54) is 17.4 Å². The van der Waals surface area contributed by atoms with Crippen LogP contribution < -0.4 is 10.2 Å². The number of carboxylic acids is 1. The summed E-state index contributed by atoms with van der Waals surface area (Å²) in [5.74, 6) is -2.11. The highest BCUT2D eigenvalue weighted by Crippen LogP contribution is 2.35. The number of carboxylic acid groups (broad SMARTS) is 1. The highest BCUT2D eigenvalue weighted by Gasteiger charge is 2.25. The number of nitrogens with zero attached hydrogens (tertiary/aromatic N) is 2. The largest absolute Gasteiger partial charge is 0.480 e. The molecule has 0 saturated carbocycles. The molecule has 1 unspecified atom stereocenters. The molecule has 3 rings (SSSR count). The molecule has 3 aromatic rings. The van der Waals surface area contributed by atoms with Gasteiger partial charge in [-0.05, 0) is 35.7 Å². The van der Waals surface area contributed by atoms with E-state index in [-0.39, 0.29) is 17.2 Å². The second kappa shape index (κ2) is 10.3. The van der Waals surface area contributed by atoms with Crippen LogP contribution in [-0.2, 0) is 16.8 Å². The standard InChI is InChI=1S/C26H30FN3O3S/c1-16(2)22(24(32)33)29-23(31)18-12-10-17(11-13-18)14-30(20-9-7-6-8-19(20)27)25-28-21(15-34-25)26(3,4)5/h6-13,15-16,22H,14H2,1-5H3,(H,29,31)(H,32,33). The van der Waals surface area contributed by atoms with Crippen molar-refractivity contribution in [3.8, 4) is 0 Å². The summed E-state index contributed by atoms with van der Waals surface area (Å²) < 4.78 is 14.7. The maximum atomic E-state index is 14.7. The summed E-state index contributed by atoms with van der Waals surface area (Å²) >= 11 is 1.46. The highest BCUT2D eigenvalue weighted by atomic mass is 32.1. The number of carbonyl (C=O) groups excluding carboxylic acids is 1. The SMILES string of the molecule is CC(C)C(NC(=O)c1ccc(CN(c2nc(C(C)(C)C)cs2)c2ccccc2F)cc1)C(=O)O. The van der Waals surface area contributed by atoms with Crippen LogP contribution >= 0.6 is 11.3 Å². The Hall–Kier alpha value is -3.26. The topological polar surface area (TPSA) is 82.5 Å². The minimum Gasteiger partial charge on any atom is -0.480 e. The van der Waals surface area contributed by atoms with Crippen molar-refractivity contribution in [1.82, 2.24) is 10.3 Å². The van der Waals surface area contributed by atoms with Crippen molar-refractivity contribution < 1.29 is 19.1 Å². The molecule has 1 heterocycles. The van der Waals surface area contributed by atoms with Crippen molar-refractivity contribution in [2.24, 2.45) is 5.92 Å². The van der Waals surface area contributed by atoms with Crippen molar-refractivity contribution in [2.45, 2.75) is 52.6 Å². The van der Waals surface area contributed by atoms with E-state index >= 15 is 0 Å². The first-order chi connectivity index (χ1) is 16.0. The molecular formula is C26H30FN3O3S. The molecule has 6 nitrogen and oxygen atoms in total. The van der Waals surface area contributed by atoms with Crippen LogP contribution in [0, 0.1) is 11.7 Å². The molecule has 0 fully saturated rings. The van der Waals surface area contributed by atoms with Crippen molar-refractivity contribution >= 4 is 34.0 Å². The van der Waals surface area contributed by atoms with Crippen LogP contribution in [0.4, 0.5) is 15.2 Å². The third-order valence-corrected chi connectivity index (χ3v) is 6.27. The van der Waals surface area contributed by atoms with Crippen molar-refractivity contribution in [2.75, 3.05) is 4.90 Å². The summed E-state index contributed by atoms with van der Waals surface area (Å²) in [5, 5.41) is 14.5. The lowest BCUT2D eigenvalue weighted by Gasteiger charge is -2.23. The summed E-state index contributed by atoms with van der Waals surface area (Å²) in [6.07, 6.45) is 0. The van der Waals surface area contributed by atoms with Gasteiger partial charge in [0.05, 0.1) is 17.9 Å². The van der Waals surface area contributed by atoms with Crippen LogP contribution in [0.5, 0.6) is 0 Å². The monoisotopic (exact) mass is 483 g/mol. The van der Waals surface area contributed by atoms with E-state index in [2.05, 4.69) is 26.1 Å². The molecule has 180 valence electrons. The summed E-state index contributed by atoms with van der Waals surface area (Å²) in [4.78, 5) is 30.5. The Balaban J connectivity index is 1.86. The lowest BCUT2D eigenvalue weighted by atomic mass is 9.93. The lowest BCUT2D eigenvalue weighted by molar-refractivity contribution is -0.140. The molecule has 0 saturated heterocycles. The van der Waals surface area contributed by atoms with Crippen LogP contribution in [0.15, 0.2) is 53.9 Å². The molecule has 0 aliphatic heterocycles. The van der Waals surface area contributed by atoms with Gasteiger partial charge in [-0.15, -0.1) is 11.3 Å². The minimum atomic E-state index is -1.07. The zero-order valence-corrected chi connectivity index (χ0v) is 20.8. The van der Waals surface area contributed by atoms with E-state index in [1.54, 1.807) is 56.3 Å². The van der Waals surface area contributed by atoms with Crippen LogP contribution in [0.3, 0.4) is 0 Å². The number of thiazole rings is 1. The van der Waals surface area contributed by atoms with Crippen LogP contribution in [-0.4, -0.2) is 28.0 Å². The molecular weight excluding hydrogens is 453 g/mol. The Kier molecular flexibility index (Phi) is 7.71. The second-order valence-corrected chi connectivity index (χ2v) is 10.4. The van der Waals surface area contributed by atoms with Crippen molar-refractivity contribution in [1.29, 1.82) is 0 Å². The molecule has 0 spiro atoms. The fourth-order valence-corrected chi connectivity index (χ4v) is 4.41. The normalized spacial score (nSPS) is 12.4. The van der Waals surface area contributed by atoms with E-state index in [0.717, 1.165) is 11.3 Å². The van der Waals surface area contributed by atoms with Gasteiger partial charge in [0.15, 0.2) is 5.13 Å². The molecule has 34 heavy (non-hydrogen) atoms. The molecule has 0 aliphatic carbocycles. The molecule has 1 atom stereocenters. The molecule has 0 radical (unpaired) electrons. The second-order valence-electron chi connectivity index (χ2n) is 9.53. The van der Waals surface area contributed by atoms with Crippen LogP contribution in [0.25, 0.3) is 0 Å². The average molecular weight is 484 g/mol. The van der Waals surface area contributed by atoms with Crippen molar-refractivity contribution in [3.05, 3.63) is 76.5 Å². The Labute approximate surface area is 203 Å². The molecule has 2 N–H and O–H groups in total. The van der Waals surface area contributed by atoms with Gasteiger partial charge in [-0.25, -0.2) is 14.2 Å². The Morgan fingerprint density at radius 1 is 1.12 bits per heavy atom. The van der Waals surface area contributed by atoms with Gasteiger partial charge in [-0.3, -0.25) is 4.79 Å². The van der Waals surface area contributed by atoms with Gasteiger partial charge < -0.3 is 15.3 Å².